The fraction of sp³-hybridized carbons (Fsp3) is 0.389. The summed E-state index contributed by atoms with van der Waals surface area (Å²) < 4.78 is 0. The van der Waals surface area contributed by atoms with E-state index in [1.54, 1.807) is 0 Å². The molecule has 21 heavy (non-hydrogen) atoms. The van der Waals surface area contributed by atoms with Gasteiger partial charge in [-0.3, -0.25) is 4.79 Å². The quantitative estimate of drug-likeness (QED) is 0.884. The monoisotopic (exact) mass is 284 g/mol. The minimum absolute atomic E-state index is 0.0104. The van der Waals surface area contributed by atoms with Gasteiger partial charge < -0.3 is 10.3 Å². The van der Waals surface area contributed by atoms with Crippen molar-refractivity contribution in [2.45, 2.75) is 34.2 Å². The van der Waals surface area contributed by atoms with E-state index in [-0.39, 0.29) is 5.56 Å². The fourth-order valence-electron chi connectivity index (χ4n) is 2.41. The molecule has 0 fully saturated rings. The second-order valence-corrected chi connectivity index (χ2v) is 6.07. The van der Waals surface area contributed by atoms with Crippen molar-refractivity contribution < 1.29 is 0 Å². The van der Waals surface area contributed by atoms with Gasteiger partial charge in [-0.05, 0) is 37.9 Å². The van der Waals surface area contributed by atoms with Crippen molar-refractivity contribution in [3.63, 3.8) is 0 Å². The Balaban J connectivity index is 2.20. The summed E-state index contributed by atoms with van der Waals surface area (Å²) in [5.41, 5.74) is 5.14. The minimum atomic E-state index is -0.0104. The van der Waals surface area contributed by atoms with Crippen LogP contribution in [0.15, 0.2) is 35.1 Å². The molecule has 0 aliphatic rings. The van der Waals surface area contributed by atoms with E-state index >= 15 is 0 Å². The van der Waals surface area contributed by atoms with Gasteiger partial charge in [0.15, 0.2) is 0 Å². The van der Waals surface area contributed by atoms with Gasteiger partial charge in [0.2, 0.25) is 0 Å². The molecule has 0 atom stereocenters. The predicted molar refractivity (Wildman–Crippen MR) is 88.5 cm³/mol. The van der Waals surface area contributed by atoms with E-state index in [1.165, 1.54) is 11.1 Å². The molecule has 1 aromatic heterocycles. The molecule has 0 spiro atoms. The van der Waals surface area contributed by atoms with Crippen LogP contribution in [0.25, 0.3) is 11.3 Å². The molecule has 3 nitrogen and oxygen atoms in total. The van der Waals surface area contributed by atoms with Gasteiger partial charge in [-0.25, -0.2) is 0 Å². The van der Waals surface area contributed by atoms with Gasteiger partial charge in [-0.2, -0.15) is 0 Å². The molecule has 0 radical (unpaired) electrons. The van der Waals surface area contributed by atoms with Gasteiger partial charge in [0.1, 0.15) is 0 Å². The van der Waals surface area contributed by atoms with Crippen LogP contribution in [0.2, 0.25) is 0 Å². The highest BCUT2D eigenvalue weighted by molar-refractivity contribution is 5.63. The van der Waals surface area contributed by atoms with Crippen LogP contribution in [-0.2, 0) is 6.54 Å². The number of aryl methyl sites for hydroxylation is 2. The second-order valence-electron chi connectivity index (χ2n) is 6.07. The molecule has 0 aliphatic heterocycles. The zero-order valence-corrected chi connectivity index (χ0v) is 13.3. The summed E-state index contributed by atoms with van der Waals surface area (Å²) in [4.78, 5) is 15.2. The summed E-state index contributed by atoms with van der Waals surface area (Å²) in [5, 5.41) is 3.30. The van der Waals surface area contributed by atoms with Crippen LogP contribution in [0.1, 0.15) is 30.5 Å². The van der Waals surface area contributed by atoms with Crippen LogP contribution in [0.4, 0.5) is 0 Å². The molecule has 3 heteroatoms. The number of H-pyrrole nitrogens is 1. The van der Waals surface area contributed by atoms with Crippen LogP contribution in [0, 0.1) is 19.8 Å². The third-order valence-electron chi connectivity index (χ3n) is 3.53. The highest BCUT2D eigenvalue weighted by Crippen LogP contribution is 2.21. The smallest absolute Gasteiger partial charge is 0.252 e. The molecule has 1 aromatic carbocycles. The Morgan fingerprint density at radius 1 is 1.14 bits per heavy atom. The third kappa shape index (κ3) is 4.05. The van der Waals surface area contributed by atoms with Gasteiger partial charge >= 0.3 is 0 Å². The largest absolute Gasteiger partial charge is 0.322 e. The maximum absolute atomic E-state index is 12.2. The average Bonchev–Trinajstić information content (AvgIpc) is 2.40. The lowest BCUT2D eigenvalue weighted by Gasteiger charge is -2.09. The maximum atomic E-state index is 12.2. The number of hydrogen-bond donors (Lipinski definition) is 2. The van der Waals surface area contributed by atoms with Gasteiger partial charge in [0, 0.05) is 23.4 Å². The molecule has 2 aromatic rings. The molecular formula is C18H24N2O. The summed E-state index contributed by atoms with van der Waals surface area (Å²) >= 11 is 0. The van der Waals surface area contributed by atoms with E-state index in [9.17, 15) is 4.79 Å². The standard InChI is InChI=1S/C18H24N2O/c1-12(2)10-19-11-15-6-8-17(20-18(15)21)16-7-5-13(3)9-14(16)4/h5-9,12,19H,10-11H2,1-4H3,(H,20,21). The first-order chi connectivity index (χ1) is 9.97. The van der Waals surface area contributed by atoms with Gasteiger partial charge in [0.25, 0.3) is 5.56 Å². The van der Waals surface area contributed by atoms with Crippen molar-refractivity contribution in [2.24, 2.45) is 5.92 Å². The molecule has 112 valence electrons. The lowest BCUT2D eigenvalue weighted by Crippen LogP contribution is -2.24. The first-order valence-electron chi connectivity index (χ1n) is 7.48. The van der Waals surface area contributed by atoms with Crippen LogP contribution < -0.4 is 10.9 Å². The van der Waals surface area contributed by atoms with E-state index in [0.29, 0.717) is 12.5 Å². The lowest BCUT2D eigenvalue weighted by molar-refractivity contribution is 0.551. The van der Waals surface area contributed by atoms with Crippen LogP contribution >= 0.6 is 0 Å². The molecule has 2 rings (SSSR count). The predicted octanol–water partition coefficient (Wildman–Crippen LogP) is 3.40. The SMILES string of the molecule is Cc1ccc(-c2ccc(CNCC(C)C)c(=O)[nH]2)c(C)c1. The van der Waals surface area contributed by atoms with Gasteiger partial charge in [0.05, 0.1) is 0 Å². The number of aromatic amines is 1. The zero-order valence-electron chi connectivity index (χ0n) is 13.3. The van der Waals surface area contributed by atoms with Crippen molar-refractivity contribution in [3.8, 4) is 11.3 Å². The lowest BCUT2D eigenvalue weighted by atomic mass is 10.0. The summed E-state index contributed by atoms with van der Waals surface area (Å²) in [6.07, 6.45) is 0. The molecule has 0 saturated heterocycles. The Kier molecular flexibility index (Phi) is 4.97. The number of aromatic nitrogens is 1. The summed E-state index contributed by atoms with van der Waals surface area (Å²) in [6.45, 7) is 9.97. The van der Waals surface area contributed by atoms with Crippen molar-refractivity contribution in [1.82, 2.24) is 10.3 Å². The number of pyridine rings is 1. The van der Waals surface area contributed by atoms with E-state index in [4.69, 9.17) is 0 Å². The normalized spacial score (nSPS) is 11.1. The molecule has 0 saturated carbocycles. The van der Waals surface area contributed by atoms with E-state index in [1.807, 2.05) is 12.1 Å². The van der Waals surface area contributed by atoms with Crippen molar-refractivity contribution in [2.75, 3.05) is 6.54 Å². The maximum Gasteiger partial charge on any atom is 0.252 e. The third-order valence-corrected chi connectivity index (χ3v) is 3.53. The van der Waals surface area contributed by atoms with Crippen LogP contribution in [-0.4, -0.2) is 11.5 Å². The Morgan fingerprint density at radius 2 is 1.90 bits per heavy atom. The molecule has 0 amide bonds. The molecule has 2 N–H and O–H groups in total. The van der Waals surface area contributed by atoms with Crippen LogP contribution in [0.3, 0.4) is 0 Å². The van der Waals surface area contributed by atoms with Crippen molar-refractivity contribution in [1.29, 1.82) is 0 Å². The van der Waals surface area contributed by atoms with E-state index < -0.39 is 0 Å². The molecule has 1 heterocycles. The first-order valence-corrected chi connectivity index (χ1v) is 7.48. The van der Waals surface area contributed by atoms with E-state index in [2.05, 4.69) is 56.2 Å². The number of rotatable bonds is 5. The molecule has 0 bridgehead atoms. The van der Waals surface area contributed by atoms with Crippen molar-refractivity contribution in [3.05, 3.63) is 57.4 Å². The molecular weight excluding hydrogens is 260 g/mol. The van der Waals surface area contributed by atoms with E-state index in [0.717, 1.165) is 23.4 Å². The molecule has 0 aliphatic carbocycles. The zero-order chi connectivity index (χ0) is 15.4. The highest BCUT2D eigenvalue weighted by Gasteiger charge is 2.06. The first kappa shape index (κ1) is 15.5. The number of benzene rings is 1. The highest BCUT2D eigenvalue weighted by atomic mass is 16.1. The van der Waals surface area contributed by atoms with Gasteiger partial charge in [-0.15, -0.1) is 0 Å². The van der Waals surface area contributed by atoms with Crippen molar-refractivity contribution >= 4 is 0 Å². The Labute approximate surface area is 126 Å². The Hall–Kier alpha value is -1.87. The average molecular weight is 284 g/mol. The number of nitrogens with one attached hydrogen (secondary N) is 2. The van der Waals surface area contributed by atoms with Gasteiger partial charge in [-0.1, -0.05) is 43.7 Å². The second kappa shape index (κ2) is 6.72. The number of hydrogen-bond acceptors (Lipinski definition) is 2. The summed E-state index contributed by atoms with van der Waals surface area (Å²) in [6, 6.07) is 10.2. The molecule has 0 unspecified atom stereocenters. The Morgan fingerprint density at radius 3 is 2.52 bits per heavy atom. The fourth-order valence-corrected chi connectivity index (χ4v) is 2.41. The minimum Gasteiger partial charge on any atom is -0.322 e. The van der Waals surface area contributed by atoms with Crippen LogP contribution in [0.5, 0.6) is 0 Å². The summed E-state index contributed by atoms with van der Waals surface area (Å²) in [7, 11) is 0. The Bertz CT molecular complexity index is 671. The topological polar surface area (TPSA) is 44.9 Å². The summed E-state index contributed by atoms with van der Waals surface area (Å²) in [5.74, 6) is 0.582.